The molecule has 102 valence electrons. The summed E-state index contributed by atoms with van der Waals surface area (Å²) in [5, 5.41) is 16.9. The molecule has 7 heteroatoms. The number of nitro groups is 1. The van der Waals surface area contributed by atoms with Crippen LogP contribution in [0.1, 0.15) is 13.8 Å². The number of hydrogen-bond donors (Lipinski definition) is 2. The Labute approximate surface area is 110 Å². The van der Waals surface area contributed by atoms with Crippen LogP contribution < -0.4 is 10.6 Å². The van der Waals surface area contributed by atoms with Gasteiger partial charge in [-0.25, -0.2) is 0 Å². The average Bonchev–Trinajstić information content (AvgIpc) is 2.75. The highest BCUT2D eigenvalue weighted by Crippen LogP contribution is 2.23. The van der Waals surface area contributed by atoms with Crippen molar-refractivity contribution in [2.75, 3.05) is 18.4 Å². The van der Waals surface area contributed by atoms with Gasteiger partial charge in [0.25, 0.3) is 11.7 Å². The first-order chi connectivity index (χ1) is 9.06. The fourth-order valence-corrected chi connectivity index (χ4v) is 1.64. The number of aromatic nitrogens is 1. The van der Waals surface area contributed by atoms with Gasteiger partial charge in [0.15, 0.2) is 5.58 Å². The Morgan fingerprint density at radius 1 is 1.42 bits per heavy atom. The lowest BCUT2D eigenvalue weighted by atomic mass is 10.3. The van der Waals surface area contributed by atoms with Crippen LogP contribution in [0.2, 0.25) is 0 Å². The normalized spacial score (nSPS) is 11.1. The van der Waals surface area contributed by atoms with Crippen LogP contribution in [0.5, 0.6) is 0 Å². The summed E-state index contributed by atoms with van der Waals surface area (Å²) in [5.74, 6) is 0. The summed E-state index contributed by atoms with van der Waals surface area (Å²) in [4.78, 5) is 14.4. The predicted octanol–water partition coefficient (Wildman–Crippen LogP) is 2.15. The van der Waals surface area contributed by atoms with Crippen molar-refractivity contribution >= 4 is 22.8 Å². The quantitative estimate of drug-likeness (QED) is 0.471. The number of rotatable bonds is 6. The van der Waals surface area contributed by atoms with E-state index >= 15 is 0 Å². The molecule has 1 aromatic carbocycles. The molecule has 2 rings (SSSR count). The molecule has 2 N–H and O–H groups in total. The van der Waals surface area contributed by atoms with Gasteiger partial charge in [-0.05, 0) is 6.07 Å². The average molecular weight is 264 g/mol. The summed E-state index contributed by atoms with van der Waals surface area (Å²) in [6.45, 7) is 5.60. The number of non-ortho nitro benzene ring substituents is 1. The van der Waals surface area contributed by atoms with Crippen LogP contribution in [0.25, 0.3) is 11.1 Å². The molecule has 0 atom stereocenters. The van der Waals surface area contributed by atoms with Crippen molar-refractivity contribution in [3.63, 3.8) is 0 Å². The third kappa shape index (κ3) is 3.41. The van der Waals surface area contributed by atoms with Crippen molar-refractivity contribution in [1.82, 2.24) is 10.3 Å². The molecule has 0 aliphatic carbocycles. The predicted molar refractivity (Wildman–Crippen MR) is 72.3 cm³/mol. The zero-order valence-electron chi connectivity index (χ0n) is 10.8. The van der Waals surface area contributed by atoms with Crippen LogP contribution in [-0.4, -0.2) is 29.0 Å². The Morgan fingerprint density at radius 3 is 2.89 bits per heavy atom. The number of anilines is 1. The molecule has 0 bridgehead atoms. The number of nitro benzene ring substituents is 1. The third-order valence-electron chi connectivity index (χ3n) is 2.54. The molecule has 19 heavy (non-hydrogen) atoms. The maximum atomic E-state index is 10.6. The fraction of sp³-hybridized carbons (Fsp3) is 0.417. The van der Waals surface area contributed by atoms with Crippen molar-refractivity contribution in [3.05, 3.63) is 28.3 Å². The number of hydrogen-bond acceptors (Lipinski definition) is 6. The monoisotopic (exact) mass is 264 g/mol. The zero-order chi connectivity index (χ0) is 13.8. The molecule has 0 spiro atoms. The summed E-state index contributed by atoms with van der Waals surface area (Å²) in [6.07, 6.45) is 0. The first kappa shape index (κ1) is 13.3. The van der Waals surface area contributed by atoms with Gasteiger partial charge in [-0.15, -0.1) is 0 Å². The minimum Gasteiger partial charge on any atom is -0.424 e. The number of fused-ring (bicyclic) bond motifs is 1. The Hall–Kier alpha value is -2.15. The second-order valence-electron chi connectivity index (χ2n) is 4.46. The maximum Gasteiger partial charge on any atom is 0.295 e. The van der Waals surface area contributed by atoms with E-state index in [1.807, 2.05) is 0 Å². The van der Waals surface area contributed by atoms with E-state index in [1.165, 1.54) is 12.1 Å². The van der Waals surface area contributed by atoms with Gasteiger partial charge >= 0.3 is 0 Å². The van der Waals surface area contributed by atoms with E-state index in [9.17, 15) is 10.1 Å². The number of nitrogens with one attached hydrogen (secondary N) is 2. The molecule has 0 saturated carbocycles. The molecule has 1 heterocycles. The Balaban J connectivity index is 2.03. The van der Waals surface area contributed by atoms with Crippen molar-refractivity contribution in [1.29, 1.82) is 0 Å². The standard InChI is InChI=1S/C12H16N4O3/c1-8(2)13-5-6-14-12-15-10-7-9(16(17)18)3-4-11(10)19-12/h3-4,7-8,13H,5-6H2,1-2H3,(H,14,15). The lowest BCUT2D eigenvalue weighted by Gasteiger charge is -2.07. The molecule has 0 radical (unpaired) electrons. The smallest absolute Gasteiger partial charge is 0.295 e. The second kappa shape index (κ2) is 5.66. The Kier molecular flexibility index (Phi) is 3.96. The van der Waals surface area contributed by atoms with E-state index in [0.717, 1.165) is 6.54 Å². The molecule has 0 aliphatic heterocycles. The summed E-state index contributed by atoms with van der Waals surface area (Å²) < 4.78 is 5.44. The largest absolute Gasteiger partial charge is 0.424 e. The molecule has 0 saturated heterocycles. The lowest BCUT2D eigenvalue weighted by Crippen LogP contribution is -2.28. The molecule has 7 nitrogen and oxygen atoms in total. The van der Waals surface area contributed by atoms with Gasteiger partial charge in [0.05, 0.1) is 4.92 Å². The second-order valence-corrected chi connectivity index (χ2v) is 4.46. The van der Waals surface area contributed by atoms with E-state index in [4.69, 9.17) is 4.42 Å². The van der Waals surface area contributed by atoms with Crippen LogP contribution in [0.15, 0.2) is 22.6 Å². The van der Waals surface area contributed by atoms with Crippen molar-refractivity contribution in [3.8, 4) is 0 Å². The van der Waals surface area contributed by atoms with E-state index in [1.54, 1.807) is 6.07 Å². The van der Waals surface area contributed by atoms with E-state index in [-0.39, 0.29) is 5.69 Å². The fourth-order valence-electron chi connectivity index (χ4n) is 1.64. The Morgan fingerprint density at radius 2 is 2.21 bits per heavy atom. The SMILES string of the molecule is CC(C)NCCNc1nc2cc([N+](=O)[O-])ccc2o1. The molecular weight excluding hydrogens is 248 g/mol. The summed E-state index contributed by atoms with van der Waals surface area (Å²) >= 11 is 0. The van der Waals surface area contributed by atoms with Crippen LogP contribution in [0.3, 0.4) is 0 Å². The molecule has 0 aliphatic rings. The highest BCUT2D eigenvalue weighted by Gasteiger charge is 2.11. The highest BCUT2D eigenvalue weighted by atomic mass is 16.6. The number of oxazole rings is 1. The Bertz CT molecular complexity index is 579. The first-order valence-electron chi connectivity index (χ1n) is 6.08. The van der Waals surface area contributed by atoms with Crippen LogP contribution in [-0.2, 0) is 0 Å². The van der Waals surface area contributed by atoms with E-state index < -0.39 is 4.92 Å². The minimum absolute atomic E-state index is 0.00817. The molecule has 0 unspecified atom stereocenters. The van der Waals surface area contributed by atoms with Crippen LogP contribution in [0, 0.1) is 10.1 Å². The van der Waals surface area contributed by atoms with Crippen LogP contribution in [0.4, 0.5) is 11.7 Å². The molecule has 2 aromatic rings. The van der Waals surface area contributed by atoms with Gasteiger partial charge in [-0.1, -0.05) is 13.8 Å². The third-order valence-corrected chi connectivity index (χ3v) is 2.54. The van der Waals surface area contributed by atoms with Crippen molar-refractivity contribution in [2.45, 2.75) is 19.9 Å². The molecular formula is C12H16N4O3. The summed E-state index contributed by atoms with van der Waals surface area (Å²) in [7, 11) is 0. The molecule has 0 amide bonds. The summed E-state index contributed by atoms with van der Waals surface area (Å²) in [5.41, 5.74) is 1.02. The van der Waals surface area contributed by atoms with E-state index in [2.05, 4.69) is 29.5 Å². The highest BCUT2D eigenvalue weighted by molar-refractivity contribution is 5.77. The maximum absolute atomic E-state index is 10.6. The topological polar surface area (TPSA) is 93.2 Å². The van der Waals surface area contributed by atoms with Gasteiger partial charge in [0.2, 0.25) is 0 Å². The summed E-state index contributed by atoms with van der Waals surface area (Å²) in [6, 6.07) is 5.15. The van der Waals surface area contributed by atoms with Gasteiger partial charge in [0, 0.05) is 31.3 Å². The van der Waals surface area contributed by atoms with Gasteiger partial charge < -0.3 is 15.1 Å². The molecule has 0 fully saturated rings. The zero-order valence-corrected chi connectivity index (χ0v) is 10.8. The van der Waals surface area contributed by atoms with Gasteiger partial charge in [-0.3, -0.25) is 10.1 Å². The van der Waals surface area contributed by atoms with Gasteiger partial charge in [0.1, 0.15) is 5.52 Å². The molecule has 1 aromatic heterocycles. The van der Waals surface area contributed by atoms with E-state index in [0.29, 0.717) is 29.7 Å². The number of nitrogens with zero attached hydrogens (tertiary/aromatic N) is 2. The van der Waals surface area contributed by atoms with Crippen molar-refractivity contribution < 1.29 is 9.34 Å². The first-order valence-corrected chi connectivity index (χ1v) is 6.08. The van der Waals surface area contributed by atoms with Crippen LogP contribution >= 0.6 is 0 Å². The minimum atomic E-state index is -0.451. The lowest BCUT2D eigenvalue weighted by molar-refractivity contribution is -0.384. The number of benzene rings is 1. The van der Waals surface area contributed by atoms with Crippen molar-refractivity contribution in [2.24, 2.45) is 0 Å². The van der Waals surface area contributed by atoms with Gasteiger partial charge in [-0.2, -0.15) is 4.98 Å².